The minimum absolute atomic E-state index is 0.692. The molecule has 5 aromatic carbocycles. The predicted octanol–water partition coefficient (Wildman–Crippen LogP) is 6.78. The highest BCUT2D eigenvalue weighted by molar-refractivity contribution is 5.79. The smallest absolute Gasteiger partial charge is 0.263 e. The van der Waals surface area contributed by atoms with Crippen LogP contribution in [0.25, 0.3) is 28.2 Å². The number of rotatable bonds is 8. The second-order valence-electron chi connectivity index (χ2n) is 11.8. The van der Waals surface area contributed by atoms with E-state index in [1.54, 1.807) is 0 Å². The van der Waals surface area contributed by atoms with E-state index in [-0.39, 0.29) is 0 Å². The molecule has 0 unspecified atom stereocenters. The monoisotopic (exact) mass is 613 g/mol. The van der Waals surface area contributed by atoms with Crippen molar-refractivity contribution in [3.63, 3.8) is 0 Å². The molecule has 0 radical (unpaired) electrons. The lowest BCUT2D eigenvalue weighted by molar-refractivity contribution is -0.779. The van der Waals surface area contributed by atoms with Crippen LogP contribution in [0.15, 0.2) is 146 Å². The average molecular weight is 614 g/mol. The summed E-state index contributed by atoms with van der Waals surface area (Å²) in [7, 11) is 0. The van der Waals surface area contributed by atoms with Gasteiger partial charge < -0.3 is 0 Å². The van der Waals surface area contributed by atoms with Gasteiger partial charge in [-0.15, -0.1) is 9.78 Å². The van der Waals surface area contributed by atoms with Crippen LogP contribution in [0.2, 0.25) is 0 Å². The number of hydrogen-bond acceptors (Lipinski definition) is 4. The number of aromatic amines is 1. The van der Waals surface area contributed by atoms with Crippen LogP contribution in [0.5, 0.6) is 0 Å². The molecule has 0 aliphatic carbocycles. The van der Waals surface area contributed by atoms with Gasteiger partial charge in [0.1, 0.15) is 10.9 Å². The van der Waals surface area contributed by atoms with Gasteiger partial charge in [0.15, 0.2) is 16.4 Å². The van der Waals surface area contributed by atoms with E-state index in [1.165, 1.54) is 5.56 Å². The van der Waals surface area contributed by atoms with Crippen molar-refractivity contribution in [1.82, 2.24) is 34.9 Å². The Morgan fingerprint density at radius 1 is 0.660 bits per heavy atom. The Balaban J connectivity index is 1.26. The summed E-state index contributed by atoms with van der Waals surface area (Å²) in [5.74, 6) is 1.50. The minimum Gasteiger partial charge on any atom is -0.263 e. The number of tetrazole rings is 1. The van der Waals surface area contributed by atoms with Gasteiger partial charge in [-0.1, -0.05) is 139 Å². The van der Waals surface area contributed by atoms with E-state index in [4.69, 9.17) is 5.10 Å². The number of aromatic nitrogens is 8. The summed E-state index contributed by atoms with van der Waals surface area (Å²) < 4.78 is 6.14. The second kappa shape index (κ2) is 11.7. The molecule has 0 fully saturated rings. The van der Waals surface area contributed by atoms with Crippen LogP contribution in [-0.4, -0.2) is 34.9 Å². The van der Waals surface area contributed by atoms with Crippen LogP contribution in [0.3, 0.4) is 0 Å². The lowest BCUT2D eigenvalue weighted by Gasteiger charge is -2.33. The highest BCUT2D eigenvalue weighted by Gasteiger charge is 2.46. The number of nitrogens with zero attached hydrogens (tertiary/aromatic N) is 7. The molecule has 3 heterocycles. The van der Waals surface area contributed by atoms with Crippen LogP contribution in [0, 0.1) is 13.8 Å². The second-order valence-corrected chi connectivity index (χ2v) is 11.8. The third kappa shape index (κ3) is 4.82. The molecule has 228 valence electrons. The Labute approximate surface area is 272 Å². The number of nitrogens with one attached hydrogen (secondary N) is 1. The van der Waals surface area contributed by atoms with Crippen LogP contribution in [0.1, 0.15) is 33.8 Å². The summed E-state index contributed by atoms with van der Waals surface area (Å²) in [5, 5.41) is 17.1. The molecule has 8 aromatic rings. The highest BCUT2D eigenvalue weighted by Crippen LogP contribution is 2.38. The summed E-state index contributed by atoms with van der Waals surface area (Å²) >= 11 is 0. The summed E-state index contributed by atoms with van der Waals surface area (Å²) in [6, 6.07) is 50.9. The molecule has 8 rings (SSSR count). The van der Waals surface area contributed by atoms with Crippen molar-refractivity contribution in [2.24, 2.45) is 0 Å². The topological polar surface area (TPSA) is 80.6 Å². The van der Waals surface area contributed by atoms with Gasteiger partial charge >= 0.3 is 5.82 Å². The number of H-pyrrole nitrogens is 1. The maximum atomic E-state index is 4.76. The normalized spacial score (nSPS) is 11.7. The van der Waals surface area contributed by atoms with Crippen LogP contribution >= 0.6 is 0 Å². The Morgan fingerprint density at radius 2 is 1.21 bits per heavy atom. The third-order valence-corrected chi connectivity index (χ3v) is 8.87. The van der Waals surface area contributed by atoms with Crippen molar-refractivity contribution >= 4 is 5.65 Å². The maximum absolute atomic E-state index is 4.76. The van der Waals surface area contributed by atoms with Gasteiger partial charge in [-0.2, -0.15) is 4.63 Å². The van der Waals surface area contributed by atoms with Gasteiger partial charge in [-0.25, -0.2) is 4.98 Å². The zero-order valence-corrected chi connectivity index (χ0v) is 26.2. The molecule has 3 aromatic heterocycles. The van der Waals surface area contributed by atoms with Crippen molar-refractivity contribution in [2.75, 3.05) is 0 Å². The standard InChI is InChI=1S/C39H32N8/c1-28-26-37-40-29(2)42-47(37)45(28)27-30-22-24-31(25-23-30)35-20-12-13-21-36(35)38-41-43-44-46(38)39(32-14-6-3-7-15-32,33-16-8-4-9-17-33)34-18-10-5-11-19-34/h3-26H,27H2,1-2H3/p+1. The SMILES string of the molecule is Cc1nc2cc(C)n(Cc3ccc(-c4ccccc4-c4nn[nH][n+]4C(c4ccccc4)(c4ccccc4)c4ccccc4)cc3)n2n1. The molecule has 0 spiro atoms. The van der Waals surface area contributed by atoms with Gasteiger partial charge in [-0.3, -0.25) is 4.68 Å². The largest absolute Gasteiger partial charge is 0.334 e. The molecule has 8 nitrogen and oxygen atoms in total. The fourth-order valence-corrected chi connectivity index (χ4v) is 6.72. The molecule has 47 heavy (non-hydrogen) atoms. The van der Waals surface area contributed by atoms with E-state index in [0.29, 0.717) is 6.54 Å². The van der Waals surface area contributed by atoms with Crippen LogP contribution in [0.4, 0.5) is 0 Å². The molecule has 1 N–H and O–H groups in total. The van der Waals surface area contributed by atoms with Crippen molar-refractivity contribution in [3.8, 4) is 22.5 Å². The number of benzene rings is 5. The van der Waals surface area contributed by atoms with Gasteiger partial charge in [0.05, 0.1) is 12.1 Å². The number of hydrogen-bond donors (Lipinski definition) is 1. The molecule has 0 amide bonds. The third-order valence-electron chi connectivity index (χ3n) is 8.87. The minimum atomic E-state index is -0.779. The van der Waals surface area contributed by atoms with E-state index in [9.17, 15) is 0 Å². The summed E-state index contributed by atoms with van der Waals surface area (Å²) in [6.07, 6.45) is 0. The summed E-state index contributed by atoms with van der Waals surface area (Å²) in [6.45, 7) is 4.70. The first-order valence-corrected chi connectivity index (χ1v) is 15.7. The van der Waals surface area contributed by atoms with E-state index in [1.807, 2.05) is 29.8 Å². The highest BCUT2D eigenvalue weighted by atomic mass is 15.6. The first-order valence-electron chi connectivity index (χ1n) is 15.7. The van der Waals surface area contributed by atoms with E-state index >= 15 is 0 Å². The Morgan fingerprint density at radius 3 is 1.81 bits per heavy atom. The first kappa shape index (κ1) is 28.3. The molecule has 8 heteroatoms. The van der Waals surface area contributed by atoms with Crippen molar-refractivity contribution in [3.05, 3.63) is 179 Å². The van der Waals surface area contributed by atoms with E-state index in [0.717, 1.165) is 56.4 Å². The molecule has 0 aliphatic rings. The van der Waals surface area contributed by atoms with Gasteiger partial charge in [0, 0.05) is 28.5 Å². The Bertz CT molecular complexity index is 2190. The molecule has 0 atom stereocenters. The lowest BCUT2D eigenvalue weighted by Crippen LogP contribution is -2.61. The fraction of sp³-hybridized carbons (Fsp3) is 0.103. The maximum Gasteiger partial charge on any atom is 0.334 e. The molecule has 0 saturated heterocycles. The van der Waals surface area contributed by atoms with Gasteiger partial charge in [-0.05, 0) is 36.6 Å². The van der Waals surface area contributed by atoms with Gasteiger partial charge in [0.25, 0.3) is 0 Å². The predicted molar refractivity (Wildman–Crippen MR) is 182 cm³/mol. The zero-order valence-electron chi connectivity index (χ0n) is 26.2. The molecule has 0 bridgehead atoms. The zero-order chi connectivity index (χ0) is 31.8. The van der Waals surface area contributed by atoms with Crippen molar-refractivity contribution < 1.29 is 4.68 Å². The van der Waals surface area contributed by atoms with E-state index < -0.39 is 5.54 Å². The quantitative estimate of drug-likeness (QED) is 0.151. The lowest BCUT2D eigenvalue weighted by atomic mass is 9.77. The number of fused-ring (bicyclic) bond motifs is 1. The molecule has 0 aliphatic heterocycles. The molecular formula is C39H33N8+. The summed E-state index contributed by atoms with van der Waals surface area (Å²) in [4.78, 5) is 4.52. The molecule has 0 saturated carbocycles. The summed E-state index contributed by atoms with van der Waals surface area (Å²) in [5.41, 5.74) is 8.78. The van der Waals surface area contributed by atoms with Crippen LogP contribution in [-0.2, 0) is 12.1 Å². The van der Waals surface area contributed by atoms with Crippen molar-refractivity contribution in [1.29, 1.82) is 0 Å². The Kier molecular flexibility index (Phi) is 7.02. The fourth-order valence-electron chi connectivity index (χ4n) is 6.72. The van der Waals surface area contributed by atoms with E-state index in [2.05, 4.69) is 164 Å². The van der Waals surface area contributed by atoms with Gasteiger partial charge in [0.2, 0.25) is 0 Å². The number of aryl methyl sites for hydroxylation is 2. The van der Waals surface area contributed by atoms with Crippen LogP contribution < -0.4 is 4.68 Å². The van der Waals surface area contributed by atoms with Crippen molar-refractivity contribution in [2.45, 2.75) is 25.9 Å². The average Bonchev–Trinajstić information content (AvgIpc) is 3.82. The molecular weight excluding hydrogens is 580 g/mol. The first-order chi connectivity index (χ1) is 23.1. The Hall–Kier alpha value is -6.15.